The fraction of sp³-hybridized carbons (Fsp3) is 0.370. The van der Waals surface area contributed by atoms with Gasteiger partial charge in [-0.3, -0.25) is 4.90 Å². The van der Waals surface area contributed by atoms with Crippen LogP contribution in [0.4, 0.5) is 19.3 Å². The smallest absolute Gasteiger partial charge is 0.414 e. The molecule has 2 unspecified atom stereocenters. The average molecular weight is 508 g/mol. The SMILES string of the molecule is Cc1noc(C)c1-c1ccc2c(c1)nc(C1CCOC(=O)N1c1ccc(F)c(F)c1)n2C1CCN(C)C1. The lowest BCUT2D eigenvalue weighted by atomic mass is 10.0. The molecule has 4 heterocycles. The highest BCUT2D eigenvalue weighted by atomic mass is 19.2. The van der Waals surface area contributed by atoms with Gasteiger partial charge in [0.1, 0.15) is 17.6 Å². The van der Waals surface area contributed by atoms with E-state index in [0.717, 1.165) is 65.3 Å². The van der Waals surface area contributed by atoms with Crippen LogP contribution < -0.4 is 4.90 Å². The summed E-state index contributed by atoms with van der Waals surface area (Å²) < 4.78 is 40.8. The quantitative estimate of drug-likeness (QED) is 0.361. The molecule has 1 amide bonds. The molecule has 2 atom stereocenters. The summed E-state index contributed by atoms with van der Waals surface area (Å²) in [6, 6.07) is 9.20. The number of aromatic nitrogens is 3. The molecule has 2 aliphatic rings. The van der Waals surface area contributed by atoms with Crippen LogP contribution in [0, 0.1) is 25.5 Å². The van der Waals surface area contributed by atoms with Crippen molar-refractivity contribution in [3.8, 4) is 11.1 Å². The number of hydrogen-bond acceptors (Lipinski definition) is 6. The molecule has 2 fully saturated rings. The highest BCUT2D eigenvalue weighted by molar-refractivity contribution is 5.90. The van der Waals surface area contributed by atoms with E-state index in [1.54, 1.807) is 0 Å². The van der Waals surface area contributed by atoms with Gasteiger partial charge in [0.25, 0.3) is 0 Å². The van der Waals surface area contributed by atoms with Crippen molar-refractivity contribution in [2.75, 3.05) is 31.6 Å². The maximum atomic E-state index is 14.2. The number of hydrogen-bond donors (Lipinski definition) is 0. The third kappa shape index (κ3) is 3.96. The number of benzene rings is 2. The summed E-state index contributed by atoms with van der Waals surface area (Å²) in [4.78, 5) is 21.7. The van der Waals surface area contributed by atoms with E-state index >= 15 is 0 Å². The van der Waals surface area contributed by atoms with Crippen LogP contribution in [0.1, 0.15) is 42.2 Å². The van der Waals surface area contributed by atoms with Gasteiger partial charge in [-0.15, -0.1) is 0 Å². The number of fused-ring (bicyclic) bond motifs is 1. The maximum Gasteiger partial charge on any atom is 0.414 e. The Bertz CT molecular complexity index is 1490. The number of likely N-dealkylation sites (N-methyl/N-ethyl adjacent to an activating group) is 1. The first-order chi connectivity index (χ1) is 17.8. The Morgan fingerprint density at radius 3 is 2.59 bits per heavy atom. The van der Waals surface area contributed by atoms with Crippen LogP contribution in [0.5, 0.6) is 0 Å². The zero-order chi connectivity index (χ0) is 25.8. The average Bonchev–Trinajstić information content (AvgIpc) is 3.56. The Kier molecular flexibility index (Phi) is 5.71. The second kappa shape index (κ2) is 8.95. The number of anilines is 1. The van der Waals surface area contributed by atoms with Gasteiger partial charge in [-0.2, -0.15) is 0 Å². The molecule has 2 aromatic carbocycles. The van der Waals surface area contributed by atoms with E-state index in [9.17, 15) is 13.6 Å². The van der Waals surface area contributed by atoms with Crippen molar-refractivity contribution in [3.63, 3.8) is 0 Å². The number of carbonyl (C=O) groups is 1. The summed E-state index contributed by atoms with van der Waals surface area (Å²) in [5, 5.41) is 4.08. The number of nitrogens with zero attached hydrogens (tertiary/aromatic N) is 5. The van der Waals surface area contributed by atoms with Gasteiger partial charge in [-0.25, -0.2) is 18.6 Å². The van der Waals surface area contributed by atoms with E-state index in [1.807, 2.05) is 26.0 Å². The number of halogens is 2. The molecule has 2 aliphatic heterocycles. The molecular weight excluding hydrogens is 480 g/mol. The molecule has 192 valence electrons. The molecule has 0 aliphatic carbocycles. The molecule has 6 rings (SSSR count). The summed E-state index contributed by atoms with van der Waals surface area (Å²) in [5.74, 6) is -0.565. The molecule has 0 saturated carbocycles. The maximum absolute atomic E-state index is 14.2. The number of amides is 1. The molecular formula is C27H27F2N5O3. The second-order valence-corrected chi connectivity index (χ2v) is 9.83. The van der Waals surface area contributed by atoms with Crippen molar-refractivity contribution in [1.82, 2.24) is 19.6 Å². The second-order valence-electron chi connectivity index (χ2n) is 9.83. The van der Waals surface area contributed by atoms with Crippen molar-refractivity contribution in [2.45, 2.75) is 38.8 Å². The minimum absolute atomic E-state index is 0.152. The highest BCUT2D eigenvalue weighted by Gasteiger charge is 2.38. The number of rotatable bonds is 4. The minimum Gasteiger partial charge on any atom is -0.449 e. The van der Waals surface area contributed by atoms with E-state index in [2.05, 4.69) is 27.7 Å². The van der Waals surface area contributed by atoms with Gasteiger partial charge in [0.2, 0.25) is 0 Å². The lowest BCUT2D eigenvalue weighted by Crippen LogP contribution is -2.42. The fourth-order valence-electron chi connectivity index (χ4n) is 5.66. The van der Waals surface area contributed by atoms with Crippen molar-refractivity contribution >= 4 is 22.8 Å². The van der Waals surface area contributed by atoms with E-state index in [4.69, 9.17) is 14.2 Å². The number of ether oxygens (including phenoxy) is 1. The first-order valence-corrected chi connectivity index (χ1v) is 12.4. The van der Waals surface area contributed by atoms with Crippen LogP contribution in [0.25, 0.3) is 22.2 Å². The summed E-state index contributed by atoms with van der Waals surface area (Å²) in [6.45, 7) is 5.78. The van der Waals surface area contributed by atoms with Crippen molar-refractivity contribution in [1.29, 1.82) is 0 Å². The third-order valence-corrected chi connectivity index (χ3v) is 7.38. The normalized spacial score (nSPS) is 20.7. The molecule has 4 aromatic rings. The Balaban J connectivity index is 1.52. The zero-order valence-corrected chi connectivity index (χ0v) is 20.9. The summed E-state index contributed by atoms with van der Waals surface area (Å²) in [6.07, 6.45) is 0.789. The van der Waals surface area contributed by atoms with Crippen LogP contribution in [0.3, 0.4) is 0 Å². The fourth-order valence-corrected chi connectivity index (χ4v) is 5.66. The number of cyclic esters (lactones) is 1. The lowest BCUT2D eigenvalue weighted by Gasteiger charge is -2.35. The Hall–Kier alpha value is -3.79. The van der Waals surface area contributed by atoms with Crippen LogP contribution in [-0.4, -0.2) is 52.4 Å². The molecule has 2 aromatic heterocycles. The first kappa shape index (κ1) is 23.6. The number of carbonyl (C=O) groups excluding carboxylic acids is 1. The van der Waals surface area contributed by atoms with Gasteiger partial charge < -0.3 is 18.7 Å². The predicted molar refractivity (Wildman–Crippen MR) is 133 cm³/mol. The van der Waals surface area contributed by atoms with Gasteiger partial charge in [-0.1, -0.05) is 11.2 Å². The van der Waals surface area contributed by atoms with E-state index < -0.39 is 23.8 Å². The zero-order valence-electron chi connectivity index (χ0n) is 20.9. The number of aryl methyl sites for hydroxylation is 2. The van der Waals surface area contributed by atoms with E-state index in [1.165, 1.54) is 11.0 Å². The van der Waals surface area contributed by atoms with Crippen LogP contribution >= 0.6 is 0 Å². The number of likely N-dealkylation sites (tertiary alicyclic amines) is 1. The molecule has 2 saturated heterocycles. The van der Waals surface area contributed by atoms with Crippen molar-refractivity contribution in [2.24, 2.45) is 0 Å². The van der Waals surface area contributed by atoms with Crippen molar-refractivity contribution < 1.29 is 22.8 Å². The summed E-state index contributed by atoms with van der Waals surface area (Å²) in [5.41, 5.74) is 4.65. The third-order valence-electron chi connectivity index (χ3n) is 7.38. The van der Waals surface area contributed by atoms with Crippen LogP contribution in [-0.2, 0) is 4.74 Å². The van der Waals surface area contributed by atoms with E-state index in [0.29, 0.717) is 12.2 Å². The molecule has 0 bridgehead atoms. The Morgan fingerprint density at radius 1 is 1.05 bits per heavy atom. The Labute approximate surface area is 212 Å². The van der Waals surface area contributed by atoms with Gasteiger partial charge in [0.15, 0.2) is 11.6 Å². The molecule has 0 radical (unpaired) electrons. The monoisotopic (exact) mass is 507 g/mol. The molecule has 8 nitrogen and oxygen atoms in total. The minimum atomic E-state index is -1.02. The molecule has 0 spiro atoms. The van der Waals surface area contributed by atoms with Gasteiger partial charge in [0.05, 0.1) is 29.0 Å². The molecule has 10 heteroatoms. The molecule has 0 N–H and O–H groups in total. The number of imidazole rings is 1. The van der Waals surface area contributed by atoms with Gasteiger partial charge in [-0.05, 0) is 63.7 Å². The topological polar surface area (TPSA) is 76.6 Å². The molecule has 37 heavy (non-hydrogen) atoms. The van der Waals surface area contributed by atoms with Crippen LogP contribution in [0.15, 0.2) is 40.9 Å². The first-order valence-electron chi connectivity index (χ1n) is 12.4. The van der Waals surface area contributed by atoms with Crippen molar-refractivity contribution in [3.05, 3.63) is 65.3 Å². The van der Waals surface area contributed by atoms with Gasteiger partial charge >= 0.3 is 6.09 Å². The predicted octanol–water partition coefficient (Wildman–Crippen LogP) is 5.55. The summed E-state index contributed by atoms with van der Waals surface area (Å²) in [7, 11) is 2.08. The standard InChI is InChI=1S/C27H27F2N5O3/c1-15-25(16(2)37-31-15)17-4-7-23-22(12-17)30-26(33(23)19-8-10-32(3)14-19)24-9-11-36-27(35)34(24)18-5-6-20(28)21(29)13-18/h4-7,12-13,19,24H,8-11,14H2,1-3H3. The summed E-state index contributed by atoms with van der Waals surface area (Å²) >= 11 is 0. The van der Waals surface area contributed by atoms with Gasteiger partial charge in [0, 0.05) is 30.6 Å². The van der Waals surface area contributed by atoms with Crippen LogP contribution in [0.2, 0.25) is 0 Å². The lowest BCUT2D eigenvalue weighted by molar-refractivity contribution is 0.127. The largest absolute Gasteiger partial charge is 0.449 e. The van der Waals surface area contributed by atoms with E-state index in [-0.39, 0.29) is 18.3 Å². The highest BCUT2D eigenvalue weighted by Crippen LogP contribution is 2.39. The Morgan fingerprint density at radius 2 is 1.89 bits per heavy atom.